The van der Waals surface area contributed by atoms with Crippen LogP contribution in [-0.2, 0) is 25.0 Å². The van der Waals surface area contributed by atoms with Gasteiger partial charge in [-0.1, -0.05) is 35.9 Å². The van der Waals surface area contributed by atoms with Crippen LogP contribution in [0, 0.1) is 6.92 Å². The van der Waals surface area contributed by atoms with E-state index in [1.807, 2.05) is 32.3 Å². The van der Waals surface area contributed by atoms with Crippen molar-refractivity contribution in [2.75, 3.05) is 14.1 Å². The number of hydrogen-bond donors (Lipinski definition) is 0. The number of rotatable bonds is 0. The summed E-state index contributed by atoms with van der Waals surface area (Å²) in [5.74, 6) is 0. The van der Waals surface area contributed by atoms with Crippen molar-refractivity contribution in [1.29, 1.82) is 0 Å². The van der Waals surface area contributed by atoms with Crippen LogP contribution >= 0.6 is 0 Å². The average Bonchev–Trinajstić information content (AvgIpc) is 1.87. The summed E-state index contributed by atoms with van der Waals surface area (Å²) >= 11 is 1.47. The summed E-state index contributed by atoms with van der Waals surface area (Å²) in [6.07, 6.45) is 0. The molecule has 0 aliphatic carbocycles. The maximum Gasteiger partial charge on any atom is -0.0398 e. The molecule has 0 fully saturated rings. The molecule has 2 heteroatoms. The monoisotopic (exact) mass is 226 g/mol. The Morgan fingerprint density at radius 3 is 1.64 bits per heavy atom. The molecule has 0 bridgehead atoms. The van der Waals surface area contributed by atoms with Gasteiger partial charge < -0.3 is 0 Å². The molecule has 11 heavy (non-hydrogen) atoms. The molecule has 1 rings (SSSR count). The fourth-order valence-electron chi connectivity index (χ4n) is 0.534. The van der Waals surface area contributed by atoms with Crippen molar-refractivity contribution >= 4 is 0 Å². The predicted molar refractivity (Wildman–Crippen MR) is 44.9 cm³/mol. The third-order valence-electron chi connectivity index (χ3n) is 0.940. The van der Waals surface area contributed by atoms with Crippen LogP contribution in [-0.4, -0.2) is 16.9 Å². The standard InChI is InChI=1S/C7H8.C2H6N.Zr/c1-7-5-3-2-4-6-7;1-3-2;/h2-6H,1H3;1-2H3;/q;-1;+1. The zero-order chi connectivity index (χ0) is 8.69. The normalized spacial score (nSPS) is 8.64. The minimum atomic E-state index is 1.32. The van der Waals surface area contributed by atoms with E-state index in [0.717, 1.165) is 0 Å². The van der Waals surface area contributed by atoms with Gasteiger partial charge in [-0.25, -0.2) is 0 Å². The summed E-state index contributed by atoms with van der Waals surface area (Å²) in [5, 5.41) is 0. The van der Waals surface area contributed by atoms with E-state index in [0.29, 0.717) is 0 Å². The van der Waals surface area contributed by atoms with Gasteiger partial charge in [-0.05, 0) is 6.92 Å². The van der Waals surface area contributed by atoms with Crippen molar-refractivity contribution in [3.8, 4) is 0 Å². The summed E-state index contributed by atoms with van der Waals surface area (Å²) in [6, 6.07) is 10.3. The van der Waals surface area contributed by atoms with Crippen molar-refractivity contribution in [3.05, 3.63) is 35.9 Å². The molecule has 0 spiro atoms. The Kier molecular flexibility index (Phi) is 6.79. The van der Waals surface area contributed by atoms with Crippen LogP contribution < -0.4 is 0 Å². The Bertz CT molecular complexity index is 169. The van der Waals surface area contributed by atoms with Crippen LogP contribution in [0.5, 0.6) is 0 Å². The first kappa shape index (κ1) is 11.1. The zero-order valence-corrected chi connectivity index (χ0v) is 9.79. The molecule has 0 amide bonds. The van der Waals surface area contributed by atoms with Crippen LogP contribution in [0.3, 0.4) is 0 Å². The molecular formula is C9H14NZr. The molecule has 1 aromatic rings. The molecule has 1 aromatic carbocycles. The van der Waals surface area contributed by atoms with Gasteiger partial charge in [-0.2, -0.15) is 0 Å². The van der Waals surface area contributed by atoms with E-state index in [-0.39, 0.29) is 0 Å². The van der Waals surface area contributed by atoms with E-state index in [1.165, 1.54) is 30.6 Å². The first-order chi connectivity index (χ1) is 5.13. The van der Waals surface area contributed by atoms with E-state index in [2.05, 4.69) is 21.9 Å². The zero-order valence-electron chi connectivity index (χ0n) is 7.33. The Balaban J connectivity index is 0.000000218. The molecular weight excluding hydrogens is 213 g/mol. The van der Waals surface area contributed by atoms with E-state index in [4.69, 9.17) is 0 Å². The number of aryl methyl sites for hydroxylation is 1. The minimum absolute atomic E-state index is 1.32. The Labute approximate surface area is 84.7 Å². The van der Waals surface area contributed by atoms with Gasteiger partial charge in [0.1, 0.15) is 0 Å². The molecule has 0 aliphatic rings. The van der Waals surface area contributed by atoms with Gasteiger partial charge in [0.15, 0.2) is 0 Å². The average molecular weight is 227 g/mol. The van der Waals surface area contributed by atoms with Gasteiger partial charge in [-0.15, -0.1) is 0 Å². The SMILES string of the molecule is C[N](C)[Zr].Cc1ccccc1. The Morgan fingerprint density at radius 1 is 1.09 bits per heavy atom. The number of nitrogens with zero attached hydrogens (tertiary/aromatic N) is 1. The second kappa shape index (κ2) is 6.75. The molecule has 1 nitrogen and oxygen atoms in total. The first-order valence-corrected chi connectivity index (χ1v) is 4.63. The van der Waals surface area contributed by atoms with Gasteiger partial charge in [0, 0.05) is 0 Å². The van der Waals surface area contributed by atoms with Crippen molar-refractivity contribution in [3.63, 3.8) is 0 Å². The summed E-state index contributed by atoms with van der Waals surface area (Å²) in [5.41, 5.74) is 1.32. The molecule has 0 radical (unpaired) electrons. The summed E-state index contributed by atoms with van der Waals surface area (Å²) < 4.78 is 2.09. The minimum Gasteiger partial charge on any atom is -0.0622 e. The molecule has 0 saturated carbocycles. The Hall–Kier alpha value is 0.0631. The molecule has 0 heterocycles. The maximum absolute atomic E-state index is 2.09. The molecule has 59 valence electrons. The summed E-state index contributed by atoms with van der Waals surface area (Å²) in [4.78, 5) is 0. The number of hydrogen-bond acceptors (Lipinski definition) is 1. The molecule has 0 aromatic heterocycles. The van der Waals surface area contributed by atoms with E-state index >= 15 is 0 Å². The quantitative estimate of drug-likeness (QED) is 0.655. The van der Waals surface area contributed by atoms with E-state index in [9.17, 15) is 0 Å². The fraction of sp³-hybridized carbons (Fsp3) is 0.333. The van der Waals surface area contributed by atoms with Crippen molar-refractivity contribution in [2.45, 2.75) is 6.92 Å². The van der Waals surface area contributed by atoms with Gasteiger partial charge in [0.25, 0.3) is 0 Å². The molecule has 0 aliphatic heterocycles. The maximum atomic E-state index is 2.09. The first-order valence-electron chi connectivity index (χ1n) is 3.53. The van der Waals surface area contributed by atoms with Gasteiger partial charge in [-0.3, -0.25) is 0 Å². The van der Waals surface area contributed by atoms with Crippen LogP contribution in [0.2, 0.25) is 0 Å². The van der Waals surface area contributed by atoms with Gasteiger partial charge in [0.05, 0.1) is 0 Å². The van der Waals surface area contributed by atoms with Crippen molar-refractivity contribution in [2.24, 2.45) is 0 Å². The Morgan fingerprint density at radius 2 is 1.45 bits per heavy atom. The van der Waals surface area contributed by atoms with E-state index in [1.54, 1.807) is 0 Å². The second-order valence-electron chi connectivity index (χ2n) is 2.55. The van der Waals surface area contributed by atoms with Crippen LogP contribution in [0.1, 0.15) is 5.56 Å². The predicted octanol–water partition coefficient (Wildman–Crippen LogP) is 2.00. The molecule has 0 unspecified atom stereocenters. The van der Waals surface area contributed by atoms with Crippen molar-refractivity contribution in [1.82, 2.24) is 2.84 Å². The van der Waals surface area contributed by atoms with Gasteiger partial charge in [0.2, 0.25) is 0 Å². The van der Waals surface area contributed by atoms with Crippen molar-refractivity contribution < 1.29 is 25.0 Å². The third kappa shape index (κ3) is 10.1. The fourth-order valence-corrected chi connectivity index (χ4v) is 0.534. The van der Waals surface area contributed by atoms with Gasteiger partial charge >= 0.3 is 41.9 Å². The summed E-state index contributed by atoms with van der Waals surface area (Å²) in [7, 11) is 4.08. The van der Waals surface area contributed by atoms with Crippen LogP contribution in [0.4, 0.5) is 0 Å². The smallest absolute Gasteiger partial charge is 0.0398 e. The van der Waals surface area contributed by atoms with Crippen LogP contribution in [0.15, 0.2) is 30.3 Å². The number of benzene rings is 1. The largest absolute Gasteiger partial charge is 0.0622 e. The van der Waals surface area contributed by atoms with Crippen LogP contribution in [0.25, 0.3) is 0 Å². The summed E-state index contributed by atoms with van der Waals surface area (Å²) in [6.45, 7) is 2.08. The third-order valence-corrected chi connectivity index (χ3v) is 0.940. The topological polar surface area (TPSA) is 3.24 Å². The molecule has 0 atom stereocenters. The molecule has 0 saturated heterocycles. The second-order valence-corrected chi connectivity index (χ2v) is 4.75. The molecule has 0 N–H and O–H groups in total. The van der Waals surface area contributed by atoms with E-state index < -0.39 is 0 Å².